The largest absolute Gasteiger partial charge is 0.480 e. The number of aromatic nitrogens is 3. The van der Waals surface area contributed by atoms with Gasteiger partial charge in [-0.1, -0.05) is 6.07 Å². The molecule has 24 heavy (non-hydrogen) atoms. The molecule has 1 aromatic heterocycles. The topological polar surface area (TPSA) is 71.9 Å². The molecular formula is C17H20N4O2S. The van der Waals surface area contributed by atoms with Gasteiger partial charge in [-0.05, 0) is 61.7 Å². The van der Waals surface area contributed by atoms with Gasteiger partial charge in [0.1, 0.15) is 5.75 Å². The standard InChI is InChI=1S/C17H20N4O2S/c1-9-5-11-7-14(23-13(11)6-10(9)2)16(22)18-8-15-19-20-17(24)21(15)12-3-4-12/h5-6,12,14H,3-4,7-8H2,1-2H3,(H,18,22)(H,20,24)/t14-/m1/s1. The predicted octanol–water partition coefficient (Wildman–Crippen LogP) is 2.51. The van der Waals surface area contributed by atoms with Gasteiger partial charge in [0.2, 0.25) is 0 Å². The lowest BCUT2D eigenvalue weighted by Gasteiger charge is -2.12. The van der Waals surface area contributed by atoms with Crippen LogP contribution in [0.1, 0.15) is 41.4 Å². The van der Waals surface area contributed by atoms with Gasteiger partial charge in [0.25, 0.3) is 5.91 Å². The number of hydrogen-bond acceptors (Lipinski definition) is 4. The quantitative estimate of drug-likeness (QED) is 0.836. The van der Waals surface area contributed by atoms with Crippen LogP contribution in [0.4, 0.5) is 0 Å². The SMILES string of the molecule is Cc1cc2c(cc1C)O[C@@H](C(=O)NCc1n[nH]c(=S)n1C1CC1)C2. The molecule has 7 heteroatoms. The lowest BCUT2D eigenvalue weighted by atomic mass is 10.0. The molecule has 126 valence electrons. The van der Waals surface area contributed by atoms with Crippen LogP contribution in [-0.2, 0) is 17.8 Å². The lowest BCUT2D eigenvalue weighted by molar-refractivity contribution is -0.127. The van der Waals surface area contributed by atoms with Gasteiger partial charge in [0.15, 0.2) is 16.7 Å². The second kappa shape index (κ2) is 5.73. The third-order valence-corrected chi connectivity index (χ3v) is 5.04. The first-order valence-electron chi connectivity index (χ1n) is 8.23. The predicted molar refractivity (Wildman–Crippen MR) is 91.6 cm³/mol. The van der Waals surface area contributed by atoms with E-state index >= 15 is 0 Å². The second-order valence-electron chi connectivity index (χ2n) is 6.62. The van der Waals surface area contributed by atoms with Crippen molar-refractivity contribution in [2.45, 2.75) is 51.8 Å². The Morgan fingerprint density at radius 2 is 2.17 bits per heavy atom. The molecule has 0 radical (unpaired) electrons. The maximum absolute atomic E-state index is 12.5. The Kier molecular flexibility index (Phi) is 3.68. The summed E-state index contributed by atoms with van der Waals surface area (Å²) < 4.78 is 8.45. The first kappa shape index (κ1) is 15.4. The van der Waals surface area contributed by atoms with Crippen molar-refractivity contribution in [2.24, 2.45) is 0 Å². The summed E-state index contributed by atoms with van der Waals surface area (Å²) in [5, 5.41) is 9.97. The first-order valence-corrected chi connectivity index (χ1v) is 8.64. The van der Waals surface area contributed by atoms with Crippen molar-refractivity contribution in [3.8, 4) is 5.75 Å². The van der Waals surface area contributed by atoms with Crippen molar-refractivity contribution in [3.63, 3.8) is 0 Å². The van der Waals surface area contributed by atoms with E-state index < -0.39 is 6.10 Å². The smallest absolute Gasteiger partial charge is 0.261 e. The molecule has 0 saturated heterocycles. The Hall–Kier alpha value is -2.15. The fourth-order valence-electron chi connectivity index (χ4n) is 3.11. The fourth-order valence-corrected chi connectivity index (χ4v) is 3.41. The van der Waals surface area contributed by atoms with Crippen LogP contribution in [0.3, 0.4) is 0 Å². The van der Waals surface area contributed by atoms with Crippen LogP contribution in [-0.4, -0.2) is 26.8 Å². The number of aromatic amines is 1. The van der Waals surface area contributed by atoms with E-state index in [4.69, 9.17) is 17.0 Å². The summed E-state index contributed by atoms with van der Waals surface area (Å²) in [5.41, 5.74) is 3.49. The number of nitrogens with zero attached hydrogens (tertiary/aromatic N) is 2. The van der Waals surface area contributed by atoms with Crippen LogP contribution in [0.25, 0.3) is 0 Å². The molecule has 1 aliphatic carbocycles. The maximum atomic E-state index is 12.5. The van der Waals surface area contributed by atoms with Gasteiger partial charge in [0, 0.05) is 12.5 Å². The maximum Gasteiger partial charge on any atom is 0.261 e. The molecule has 1 fully saturated rings. The van der Waals surface area contributed by atoms with Crippen LogP contribution >= 0.6 is 12.2 Å². The molecule has 6 nitrogen and oxygen atoms in total. The van der Waals surface area contributed by atoms with Crippen LogP contribution in [0.5, 0.6) is 5.75 Å². The summed E-state index contributed by atoms with van der Waals surface area (Å²) in [6.45, 7) is 4.48. The van der Waals surface area contributed by atoms with Gasteiger partial charge in [-0.3, -0.25) is 14.5 Å². The zero-order chi connectivity index (χ0) is 16.8. The number of rotatable bonds is 4. The fraction of sp³-hybridized carbons (Fsp3) is 0.471. The number of hydrogen-bond donors (Lipinski definition) is 2. The van der Waals surface area contributed by atoms with Crippen LogP contribution < -0.4 is 10.1 Å². The van der Waals surface area contributed by atoms with Crippen molar-refractivity contribution in [1.82, 2.24) is 20.1 Å². The van der Waals surface area contributed by atoms with Crippen molar-refractivity contribution in [3.05, 3.63) is 39.4 Å². The van der Waals surface area contributed by atoms with Gasteiger partial charge < -0.3 is 10.1 Å². The van der Waals surface area contributed by atoms with E-state index in [9.17, 15) is 4.79 Å². The average Bonchev–Trinajstić information content (AvgIpc) is 3.20. The minimum atomic E-state index is -0.475. The van der Waals surface area contributed by atoms with E-state index in [0.717, 1.165) is 30.0 Å². The van der Waals surface area contributed by atoms with Crippen LogP contribution in [0, 0.1) is 18.6 Å². The van der Waals surface area contributed by atoms with E-state index in [0.29, 0.717) is 23.8 Å². The van der Waals surface area contributed by atoms with Crippen molar-refractivity contribution in [1.29, 1.82) is 0 Å². The zero-order valence-electron chi connectivity index (χ0n) is 13.8. The molecule has 0 bridgehead atoms. The highest BCUT2D eigenvalue weighted by molar-refractivity contribution is 7.71. The Morgan fingerprint density at radius 1 is 1.42 bits per heavy atom. The van der Waals surface area contributed by atoms with Crippen LogP contribution in [0.2, 0.25) is 0 Å². The number of ether oxygens (including phenoxy) is 1. The molecule has 1 atom stereocenters. The number of benzene rings is 1. The van der Waals surface area contributed by atoms with Gasteiger partial charge in [-0.2, -0.15) is 5.10 Å². The van der Waals surface area contributed by atoms with Gasteiger partial charge in [-0.25, -0.2) is 0 Å². The molecule has 4 rings (SSSR count). The summed E-state index contributed by atoms with van der Waals surface area (Å²) in [6.07, 6.45) is 2.37. The molecule has 1 aromatic carbocycles. The highest BCUT2D eigenvalue weighted by Gasteiger charge is 2.31. The second-order valence-corrected chi connectivity index (χ2v) is 7.01. The molecule has 1 aliphatic heterocycles. The molecule has 2 heterocycles. The van der Waals surface area contributed by atoms with Crippen molar-refractivity contribution >= 4 is 18.1 Å². The Bertz CT molecular complexity index is 835. The highest BCUT2D eigenvalue weighted by atomic mass is 32.1. The third-order valence-electron chi connectivity index (χ3n) is 4.75. The molecule has 1 saturated carbocycles. The minimum absolute atomic E-state index is 0.113. The zero-order valence-corrected chi connectivity index (χ0v) is 14.6. The number of H-pyrrole nitrogens is 1. The Balaban J connectivity index is 1.42. The molecule has 2 aliphatic rings. The van der Waals surface area contributed by atoms with E-state index in [1.807, 2.05) is 17.6 Å². The Labute approximate surface area is 145 Å². The van der Waals surface area contributed by atoms with Gasteiger partial charge >= 0.3 is 0 Å². The number of fused-ring (bicyclic) bond motifs is 1. The van der Waals surface area contributed by atoms with E-state index in [2.05, 4.69) is 28.5 Å². The monoisotopic (exact) mass is 344 g/mol. The lowest BCUT2D eigenvalue weighted by Crippen LogP contribution is -2.37. The van der Waals surface area contributed by atoms with Crippen molar-refractivity contribution < 1.29 is 9.53 Å². The molecule has 2 N–H and O–H groups in total. The molecule has 1 amide bonds. The normalized spacial score (nSPS) is 19.0. The number of aryl methyl sites for hydroxylation is 2. The number of carbonyl (C=O) groups is 1. The summed E-state index contributed by atoms with van der Waals surface area (Å²) in [7, 11) is 0. The van der Waals surface area contributed by atoms with E-state index in [1.54, 1.807) is 0 Å². The molecule has 2 aromatic rings. The van der Waals surface area contributed by atoms with Crippen molar-refractivity contribution in [2.75, 3.05) is 0 Å². The average molecular weight is 344 g/mol. The summed E-state index contributed by atoms with van der Waals surface area (Å²) in [4.78, 5) is 12.5. The summed E-state index contributed by atoms with van der Waals surface area (Å²) >= 11 is 5.26. The molecule has 0 unspecified atom stereocenters. The third kappa shape index (κ3) is 2.73. The molecule has 0 spiro atoms. The van der Waals surface area contributed by atoms with Gasteiger partial charge in [-0.15, -0.1) is 0 Å². The first-order chi connectivity index (χ1) is 11.5. The number of amides is 1. The number of nitrogens with one attached hydrogen (secondary N) is 2. The summed E-state index contributed by atoms with van der Waals surface area (Å²) in [6, 6.07) is 4.55. The van der Waals surface area contributed by atoms with E-state index in [-0.39, 0.29) is 5.91 Å². The molecular weight excluding hydrogens is 324 g/mol. The Morgan fingerprint density at radius 3 is 2.92 bits per heavy atom. The van der Waals surface area contributed by atoms with Crippen LogP contribution in [0.15, 0.2) is 12.1 Å². The highest BCUT2D eigenvalue weighted by Crippen LogP contribution is 2.35. The summed E-state index contributed by atoms with van der Waals surface area (Å²) in [5.74, 6) is 1.48. The minimum Gasteiger partial charge on any atom is -0.480 e. The number of carbonyl (C=O) groups excluding carboxylic acids is 1. The van der Waals surface area contributed by atoms with Gasteiger partial charge in [0.05, 0.1) is 6.54 Å². The van der Waals surface area contributed by atoms with E-state index in [1.165, 1.54) is 11.1 Å².